The van der Waals surface area contributed by atoms with Crippen molar-refractivity contribution in [2.24, 2.45) is 0 Å². The van der Waals surface area contributed by atoms with Gasteiger partial charge >= 0.3 is 5.97 Å². The van der Waals surface area contributed by atoms with Crippen molar-refractivity contribution in [1.82, 2.24) is 0 Å². The molecule has 0 aliphatic rings. The van der Waals surface area contributed by atoms with E-state index in [4.69, 9.17) is 16.3 Å². The van der Waals surface area contributed by atoms with Crippen LogP contribution < -0.4 is 9.62 Å². The maximum absolute atomic E-state index is 12.5. The van der Waals surface area contributed by atoms with Crippen LogP contribution in [0.4, 0.5) is 11.4 Å². The predicted octanol–water partition coefficient (Wildman–Crippen LogP) is 3.16. The number of amides is 1. The lowest BCUT2D eigenvalue weighted by Gasteiger charge is -2.17. The zero-order chi connectivity index (χ0) is 20.2. The monoisotopic (exact) mass is 410 g/mol. The van der Waals surface area contributed by atoms with E-state index in [1.165, 1.54) is 25.2 Å². The van der Waals surface area contributed by atoms with Crippen LogP contribution in [0, 0.1) is 0 Å². The molecule has 0 heterocycles. The Bertz CT molecular complexity index is 975. The van der Waals surface area contributed by atoms with Gasteiger partial charge in [-0.1, -0.05) is 17.7 Å². The molecule has 0 saturated carbocycles. The van der Waals surface area contributed by atoms with Gasteiger partial charge in [-0.25, -0.2) is 13.2 Å². The predicted molar refractivity (Wildman–Crippen MR) is 105 cm³/mol. The fourth-order valence-corrected chi connectivity index (χ4v) is 2.90. The van der Waals surface area contributed by atoms with Crippen LogP contribution in [0.15, 0.2) is 42.5 Å². The summed E-state index contributed by atoms with van der Waals surface area (Å²) in [6.07, 6.45) is 1.07. The lowest BCUT2D eigenvalue weighted by atomic mass is 10.1. The van der Waals surface area contributed by atoms with Crippen LogP contribution in [0.25, 0.3) is 0 Å². The maximum Gasteiger partial charge on any atom is 0.339 e. The highest BCUT2D eigenvalue weighted by Crippen LogP contribution is 2.23. The van der Waals surface area contributed by atoms with Crippen molar-refractivity contribution in [3.63, 3.8) is 0 Å². The van der Waals surface area contributed by atoms with Crippen molar-refractivity contribution in [1.29, 1.82) is 0 Å². The normalized spacial score (nSPS) is 11.0. The maximum atomic E-state index is 12.5. The van der Waals surface area contributed by atoms with Crippen LogP contribution >= 0.6 is 11.6 Å². The number of rotatable bonds is 6. The van der Waals surface area contributed by atoms with Crippen LogP contribution in [-0.4, -0.2) is 40.2 Å². The molecule has 0 spiro atoms. The first-order valence-electron chi connectivity index (χ1n) is 7.95. The highest BCUT2D eigenvalue weighted by molar-refractivity contribution is 7.92. The number of hydrogen-bond donors (Lipinski definition) is 1. The van der Waals surface area contributed by atoms with Crippen LogP contribution in [0.1, 0.15) is 27.6 Å². The van der Waals surface area contributed by atoms with E-state index in [1.807, 2.05) is 0 Å². The van der Waals surface area contributed by atoms with Crippen molar-refractivity contribution in [3.8, 4) is 0 Å². The minimum absolute atomic E-state index is 0.141. The average molecular weight is 411 g/mol. The molecule has 9 heteroatoms. The van der Waals surface area contributed by atoms with Crippen molar-refractivity contribution in [2.75, 3.05) is 29.5 Å². The number of halogens is 1. The van der Waals surface area contributed by atoms with Crippen LogP contribution in [0.5, 0.6) is 0 Å². The number of nitrogens with one attached hydrogen (secondary N) is 1. The molecule has 0 saturated heterocycles. The zero-order valence-electron chi connectivity index (χ0n) is 15.0. The lowest BCUT2D eigenvalue weighted by molar-refractivity contribution is 0.0526. The van der Waals surface area contributed by atoms with Gasteiger partial charge in [0.25, 0.3) is 5.91 Å². The molecule has 2 aromatic rings. The quantitative estimate of drug-likeness (QED) is 0.738. The van der Waals surface area contributed by atoms with E-state index in [0.29, 0.717) is 11.4 Å². The number of carbonyl (C=O) groups excluding carboxylic acids is 2. The van der Waals surface area contributed by atoms with Gasteiger partial charge in [0.15, 0.2) is 0 Å². The summed E-state index contributed by atoms with van der Waals surface area (Å²) < 4.78 is 29.3. The Morgan fingerprint density at radius 3 is 2.52 bits per heavy atom. The third kappa shape index (κ3) is 5.21. The van der Waals surface area contributed by atoms with Gasteiger partial charge in [0.1, 0.15) is 0 Å². The van der Waals surface area contributed by atoms with E-state index in [9.17, 15) is 18.0 Å². The summed E-state index contributed by atoms with van der Waals surface area (Å²) in [6.45, 7) is 1.88. The number of sulfonamides is 1. The molecular formula is C18H19ClN2O5S. The second kappa shape index (κ2) is 8.41. The number of hydrogen-bond acceptors (Lipinski definition) is 5. The molecule has 2 aromatic carbocycles. The average Bonchev–Trinajstić information content (AvgIpc) is 2.62. The molecule has 0 aliphatic carbocycles. The highest BCUT2D eigenvalue weighted by Gasteiger charge is 2.16. The molecule has 1 N–H and O–H groups in total. The van der Waals surface area contributed by atoms with E-state index in [-0.39, 0.29) is 22.8 Å². The molecule has 0 bridgehead atoms. The van der Waals surface area contributed by atoms with E-state index in [1.54, 1.807) is 31.2 Å². The summed E-state index contributed by atoms with van der Waals surface area (Å²) in [6, 6.07) is 10.6. The number of benzene rings is 2. The first-order chi connectivity index (χ1) is 12.6. The molecule has 0 atom stereocenters. The van der Waals surface area contributed by atoms with Crippen molar-refractivity contribution < 1.29 is 22.7 Å². The number of anilines is 2. The van der Waals surface area contributed by atoms with Crippen molar-refractivity contribution >= 4 is 44.9 Å². The number of nitrogens with zero attached hydrogens (tertiary/aromatic N) is 1. The molecule has 0 aliphatic heterocycles. The standard InChI is InChI=1S/C18H19ClN2O5S/c1-4-26-18(23)15-11-13(8-9-16(15)19)20-17(22)12-6-5-7-14(10-12)21(2)27(3,24)25/h5-11H,4H2,1-3H3,(H,20,22). The molecule has 0 aromatic heterocycles. The fraction of sp³-hybridized carbons (Fsp3) is 0.222. The van der Waals surface area contributed by atoms with Gasteiger partial charge in [0, 0.05) is 18.3 Å². The van der Waals surface area contributed by atoms with Gasteiger partial charge in [-0.3, -0.25) is 9.10 Å². The van der Waals surface area contributed by atoms with Gasteiger partial charge in [0.2, 0.25) is 10.0 Å². The largest absolute Gasteiger partial charge is 0.462 e. The molecule has 0 fully saturated rings. The van der Waals surface area contributed by atoms with Gasteiger partial charge in [-0.05, 0) is 43.3 Å². The van der Waals surface area contributed by atoms with Crippen LogP contribution in [-0.2, 0) is 14.8 Å². The molecule has 27 heavy (non-hydrogen) atoms. The molecule has 0 unspecified atom stereocenters. The van der Waals surface area contributed by atoms with Crippen LogP contribution in [0.2, 0.25) is 5.02 Å². The fourth-order valence-electron chi connectivity index (χ4n) is 2.21. The minimum Gasteiger partial charge on any atom is -0.462 e. The summed E-state index contributed by atoms with van der Waals surface area (Å²) in [5.41, 5.74) is 1.11. The Morgan fingerprint density at radius 1 is 1.19 bits per heavy atom. The molecule has 144 valence electrons. The minimum atomic E-state index is -3.45. The molecular weight excluding hydrogens is 392 g/mol. The summed E-state index contributed by atoms with van der Waals surface area (Å²) in [5.74, 6) is -1.05. The van der Waals surface area contributed by atoms with E-state index >= 15 is 0 Å². The first-order valence-corrected chi connectivity index (χ1v) is 10.2. The number of esters is 1. The van der Waals surface area contributed by atoms with E-state index in [0.717, 1.165) is 10.6 Å². The highest BCUT2D eigenvalue weighted by atomic mass is 35.5. The van der Waals surface area contributed by atoms with E-state index < -0.39 is 21.9 Å². The number of carbonyl (C=O) groups is 2. The van der Waals surface area contributed by atoms with Crippen molar-refractivity contribution in [2.45, 2.75) is 6.92 Å². The van der Waals surface area contributed by atoms with Gasteiger partial charge in [-0.2, -0.15) is 0 Å². The molecule has 0 radical (unpaired) electrons. The Morgan fingerprint density at radius 2 is 1.89 bits per heavy atom. The summed E-state index contributed by atoms with van der Waals surface area (Å²) in [5, 5.41) is 2.87. The molecule has 7 nitrogen and oxygen atoms in total. The topological polar surface area (TPSA) is 92.8 Å². The van der Waals surface area contributed by atoms with E-state index in [2.05, 4.69) is 5.32 Å². The molecule has 2 rings (SSSR count). The smallest absolute Gasteiger partial charge is 0.339 e. The Hall–Kier alpha value is -2.58. The Labute approximate surface area is 162 Å². The number of ether oxygens (including phenoxy) is 1. The Kier molecular flexibility index (Phi) is 6.45. The lowest BCUT2D eigenvalue weighted by Crippen LogP contribution is -2.25. The first kappa shape index (κ1) is 20.7. The summed E-state index contributed by atoms with van der Waals surface area (Å²) in [7, 11) is -2.05. The summed E-state index contributed by atoms with van der Waals surface area (Å²) in [4.78, 5) is 24.4. The third-order valence-corrected chi connectivity index (χ3v) is 5.22. The van der Waals surface area contributed by atoms with Gasteiger partial charge < -0.3 is 10.1 Å². The van der Waals surface area contributed by atoms with Crippen LogP contribution in [0.3, 0.4) is 0 Å². The SMILES string of the molecule is CCOC(=O)c1cc(NC(=O)c2cccc(N(C)S(C)(=O)=O)c2)ccc1Cl. The van der Waals surface area contributed by atoms with Gasteiger partial charge in [-0.15, -0.1) is 0 Å². The third-order valence-electron chi connectivity index (χ3n) is 3.69. The molecule has 1 amide bonds. The summed E-state index contributed by atoms with van der Waals surface area (Å²) >= 11 is 6.00. The van der Waals surface area contributed by atoms with Gasteiger partial charge in [0.05, 0.1) is 29.1 Å². The van der Waals surface area contributed by atoms with Crippen molar-refractivity contribution in [3.05, 3.63) is 58.6 Å². The Balaban J connectivity index is 2.25. The zero-order valence-corrected chi connectivity index (χ0v) is 16.6. The second-order valence-electron chi connectivity index (χ2n) is 5.65. The second-order valence-corrected chi connectivity index (χ2v) is 8.07.